The van der Waals surface area contributed by atoms with Crippen molar-refractivity contribution in [2.24, 2.45) is 7.05 Å². The Labute approximate surface area is 115 Å². The number of aryl methyl sites for hydroxylation is 1. The van der Waals surface area contributed by atoms with E-state index >= 15 is 0 Å². The molecule has 8 heteroatoms. The van der Waals surface area contributed by atoms with Crippen molar-refractivity contribution in [2.75, 3.05) is 19.8 Å². The molecule has 116 valence electrons. The van der Waals surface area contributed by atoms with E-state index in [1.807, 2.05) is 6.92 Å². The van der Waals surface area contributed by atoms with Gasteiger partial charge in [0.15, 0.2) is 0 Å². The van der Waals surface area contributed by atoms with Crippen LogP contribution >= 0.6 is 0 Å². The molecule has 0 aliphatic heterocycles. The maximum absolute atomic E-state index is 12.7. The summed E-state index contributed by atoms with van der Waals surface area (Å²) in [7, 11) is 1.73. The number of hydrogen-bond acceptors (Lipinski definition) is 3. The Balaban J connectivity index is 2.53. The third-order valence-corrected chi connectivity index (χ3v) is 2.63. The standard InChI is InChI=1S/C12H19F4N3O/c1-3-5-17-10(9-4-6-19(2)18-9)7-20-8-12(15,16)11(13)14/h4,6,10-11,17H,3,5,7-8H2,1-2H3. The molecule has 0 saturated heterocycles. The van der Waals surface area contributed by atoms with Gasteiger partial charge in [-0.1, -0.05) is 6.92 Å². The Hall–Kier alpha value is -1.15. The van der Waals surface area contributed by atoms with E-state index in [0.29, 0.717) is 12.2 Å². The summed E-state index contributed by atoms with van der Waals surface area (Å²) in [6, 6.07) is 1.33. The lowest BCUT2D eigenvalue weighted by atomic mass is 10.2. The summed E-state index contributed by atoms with van der Waals surface area (Å²) in [6.07, 6.45) is -1.17. The van der Waals surface area contributed by atoms with Crippen LogP contribution in [0.25, 0.3) is 0 Å². The van der Waals surface area contributed by atoms with Gasteiger partial charge in [0.25, 0.3) is 0 Å². The largest absolute Gasteiger partial charge is 0.373 e. The minimum atomic E-state index is -4.13. The quantitative estimate of drug-likeness (QED) is 0.711. The Kier molecular flexibility index (Phi) is 6.41. The minimum absolute atomic E-state index is 0.140. The van der Waals surface area contributed by atoms with E-state index in [-0.39, 0.29) is 6.61 Å². The first-order valence-electron chi connectivity index (χ1n) is 6.33. The van der Waals surface area contributed by atoms with Gasteiger partial charge in [-0.2, -0.15) is 13.9 Å². The van der Waals surface area contributed by atoms with E-state index in [4.69, 9.17) is 4.74 Å². The van der Waals surface area contributed by atoms with Crippen LogP contribution in [0.4, 0.5) is 17.6 Å². The van der Waals surface area contributed by atoms with E-state index < -0.39 is 25.0 Å². The highest BCUT2D eigenvalue weighted by atomic mass is 19.3. The topological polar surface area (TPSA) is 39.1 Å². The number of halogens is 4. The smallest absolute Gasteiger partial charge is 0.330 e. The number of aromatic nitrogens is 2. The molecular formula is C12H19F4N3O. The van der Waals surface area contributed by atoms with Crippen molar-refractivity contribution in [2.45, 2.75) is 31.7 Å². The number of alkyl halides is 4. The van der Waals surface area contributed by atoms with E-state index in [1.165, 1.54) is 0 Å². The molecule has 0 fully saturated rings. The van der Waals surface area contributed by atoms with Gasteiger partial charge in [0, 0.05) is 13.2 Å². The molecule has 0 aromatic carbocycles. The number of hydrogen-bond donors (Lipinski definition) is 1. The SMILES string of the molecule is CCCNC(COCC(F)(F)C(F)F)c1ccn(C)n1. The van der Waals surface area contributed by atoms with E-state index in [2.05, 4.69) is 10.4 Å². The summed E-state index contributed by atoms with van der Waals surface area (Å²) in [5, 5.41) is 7.23. The molecule has 0 saturated carbocycles. The molecule has 20 heavy (non-hydrogen) atoms. The monoisotopic (exact) mass is 297 g/mol. The second kappa shape index (κ2) is 7.58. The maximum Gasteiger partial charge on any atom is 0.330 e. The summed E-state index contributed by atoms with van der Waals surface area (Å²) in [5.41, 5.74) is 0.626. The predicted octanol–water partition coefficient (Wildman–Crippen LogP) is 2.38. The first kappa shape index (κ1) is 16.9. The molecule has 4 nitrogen and oxygen atoms in total. The zero-order chi connectivity index (χ0) is 15.2. The number of ether oxygens (including phenoxy) is 1. The minimum Gasteiger partial charge on any atom is -0.373 e. The zero-order valence-corrected chi connectivity index (χ0v) is 11.5. The third-order valence-electron chi connectivity index (χ3n) is 2.63. The predicted molar refractivity (Wildman–Crippen MR) is 66.0 cm³/mol. The second-order valence-corrected chi connectivity index (χ2v) is 4.50. The molecule has 0 aliphatic carbocycles. The summed E-state index contributed by atoms with van der Waals surface area (Å²) in [5.74, 6) is -4.13. The molecule has 1 heterocycles. The van der Waals surface area contributed by atoms with Gasteiger partial charge in [-0.15, -0.1) is 0 Å². The highest BCUT2D eigenvalue weighted by Crippen LogP contribution is 2.23. The molecule has 1 N–H and O–H groups in total. The number of nitrogens with one attached hydrogen (secondary N) is 1. The van der Waals surface area contributed by atoms with Crippen molar-refractivity contribution in [3.8, 4) is 0 Å². The number of nitrogens with zero attached hydrogens (tertiary/aromatic N) is 2. The van der Waals surface area contributed by atoms with Crippen LogP contribution in [-0.4, -0.2) is 41.9 Å². The van der Waals surface area contributed by atoms with Gasteiger partial charge in [0.2, 0.25) is 0 Å². The van der Waals surface area contributed by atoms with Crippen LogP contribution in [0.5, 0.6) is 0 Å². The molecule has 1 unspecified atom stereocenters. The van der Waals surface area contributed by atoms with Crippen molar-refractivity contribution in [3.05, 3.63) is 18.0 Å². The summed E-state index contributed by atoms with van der Waals surface area (Å²) >= 11 is 0. The van der Waals surface area contributed by atoms with E-state index in [1.54, 1.807) is 24.0 Å². The molecule has 0 radical (unpaired) electrons. The molecule has 0 bridgehead atoms. The molecule has 0 spiro atoms. The van der Waals surface area contributed by atoms with Crippen LogP contribution in [0.15, 0.2) is 12.3 Å². The van der Waals surface area contributed by atoms with Crippen LogP contribution in [-0.2, 0) is 11.8 Å². The summed E-state index contributed by atoms with van der Waals surface area (Å²) < 4.78 is 55.8. The maximum atomic E-state index is 12.7. The van der Waals surface area contributed by atoms with Crippen molar-refractivity contribution < 1.29 is 22.3 Å². The molecule has 1 aromatic rings. The van der Waals surface area contributed by atoms with Crippen molar-refractivity contribution in [3.63, 3.8) is 0 Å². The average molecular weight is 297 g/mol. The molecular weight excluding hydrogens is 278 g/mol. The average Bonchev–Trinajstić information content (AvgIpc) is 2.79. The van der Waals surface area contributed by atoms with Crippen LogP contribution in [0.1, 0.15) is 25.1 Å². The fourth-order valence-electron chi connectivity index (χ4n) is 1.56. The van der Waals surface area contributed by atoms with Crippen molar-refractivity contribution in [1.82, 2.24) is 15.1 Å². The second-order valence-electron chi connectivity index (χ2n) is 4.50. The van der Waals surface area contributed by atoms with Gasteiger partial charge in [0.1, 0.15) is 6.61 Å². The van der Waals surface area contributed by atoms with Crippen molar-refractivity contribution in [1.29, 1.82) is 0 Å². The molecule has 1 atom stereocenters. The Bertz CT molecular complexity index is 398. The molecule has 1 rings (SSSR count). The van der Waals surface area contributed by atoms with Gasteiger partial charge in [-0.25, -0.2) is 8.78 Å². The first-order valence-corrected chi connectivity index (χ1v) is 6.33. The van der Waals surface area contributed by atoms with Gasteiger partial charge < -0.3 is 10.1 Å². The van der Waals surface area contributed by atoms with Crippen molar-refractivity contribution >= 4 is 0 Å². The molecule has 1 aromatic heterocycles. The fraction of sp³-hybridized carbons (Fsp3) is 0.750. The Morgan fingerprint density at radius 3 is 2.65 bits per heavy atom. The Morgan fingerprint density at radius 2 is 2.15 bits per heavy atom. The number of rotatable bonds is 9. The fourth-order valence-corrected chi connectivity index (χ4v) is 1.56. The lowest BCUT2D eigenvalue weighted by Crippen LogP contribution is -2.34. The first-order chi connectivity index (χ1) is 9.36. The molecule has 0 aliphatic rings. The van der Waals surface area contributed by atoms with E-state index in [0.717, 1.165) is 6.42 Å². The molecule has 0 amide bonds. The van der Waals surface area contributed by atoms with Crippen LogP contribution in [0.3, 0.4) is 0 Å². The van der Waals surface area contributed by atoms with Crippen LogP contribution in [0, 0.1) is 0 Å². The van der Waals surface area contributed by atoms with Crippen LogP contribution in [0.2, 0.25) is 0 Å². The van der Waals surface area contributed by atoms with Gasteiger partial charge in [0.05, 0.1) is 18.3 Å². The highest BCUT2D eigenvalue weighted by Gasteiger charge is 2.41. The summed E-state index contributed by atoms with van der Waals surface area (Å²) in [6.45, 7) is 1.16. The summed E-state index contributed by atoms with van der Waals surface area (Å²) in [4.78, 5) is 0. The normalized spacial score (nSPS) is 13.9. The Morgan fingerprint density at radius 1 is 1.45 bits per heavy atom. The zero-order valence-electron chi connectivity index (χ0n) is 11.5. The van der Waals surface area contributed by atoms with Gasteiger partial charge in [-0.05, 0) is 19.0 Å². The third kappa shape index (κ3) is 5.09. The van der Waals surface area contributed by atoms with E-state index in [9.17, 15) is 17.6 Å². The lowest BCUT2D eigenvalue weighted by Gasteiger charge is -2.19. The lowest BCUT2D eigenvalue weighted by molar-refractivity contribution is -0.167. The van der Waals surface area contributed by atoms with Gasteiger partial charge >= 0.3 is 12.3 Å². The highest BCUT2D eigenvalue weighted by molar-refractivity contribution is 5.05. The van der Waals surface area contributed by atoms with Gasteiger partial charge in [-0.3, -0.25) is 4.68 Å². The van der Waals surface area contributed by atoms with Crippen LogP contribution < -0.4 is 5.32 Å².